The molecule has 3 aliphatic rings. The summed E-state index contributed by atoms with van der Waals surface area (Å²) in [5, 5.41) is 3.07. The van der Waals surface area contributed by atoms with Gasteiger partial charge in [0, 0.05) is 24.8 Å². The molecule has 0 radical (unpaired) electrons. The van der Waals surface area contributed by atoms with Crippen molar-refractivity contribution < 1.29 is 14.3 Å². The number of hydrogen-bond acceptors (Lipinski definition) is 3. The van der Waals surface area contributed by atoms with Gasteiger partial charge in [-0.05, 0) is 97.4 Å². The maximum Gasteiger partial charge on any atom is 0.220 e. The molecule has 0 spiro atoms. The smallest absolute Gasteiger partial charge is 0.220 e. The molecule has 2 aromatic carbocycles. The van der Waals surface area contributed by atoms with E-state index >= 15 is 0 Å². The molecule has 0 bridgehead atoms. The van der Waals surface area contributed by atoms with Crippen LogP contribution in [0, 0.1) is 23.2 Å². The summed E-state index contributed by atoms with van der Waals surface area (Å²) in [4.78, 5) is 25.6. The zero-order valence-electron chi connectivity index (χ0n) is 21.9. The van der Waals surface area contributed by atoms with E-state index in [1.807, 2.05) is 18.2 Å². The Morgan fingerprint density at radius 2 is 1.94 bits per heavy atom. The number of nitrogens with one attached hydrogen (secondary N) is 1. The third-order valence-electron chi connectivity index (χ3n) is 9.58. The van der Waals surface area contributed by atoms with Crippen LogP contribution in [0.4, 0.5) is 0 Å². The lowest BCUT2D eigenvalue weighted by Gasteiger charge is -2.50. The molecule has 0 heterocycles. The third kappa shape index (κ3) is 4.96. The minimum absolute atomic E-state index is 0.148. The molecule has 5 atom stereocenters. The molecule has 5 rings (SSSR count). The maximum atomic E-state index is 13.2. The van der Waals surface area contributed by atoms with Gasteiger partial charge in [-0.25, -0.2) is 0 Å². The summed E-state index contributed by atoms with van der Waals surface area (Å²) < 4.78 is 5.47. The van der Waals surface area contributed by atoms with Crippen LogP contribution in [0.15, 0.2) is 48.5 Å². The highest BCUT2D eigenvalue weighted by Gasteiger charge is 2.58. The maximum absolute atomic E-state index is 13.2. The van der Waals surface area contributed by atoms with Gasteiger partial charge < -0.3 is 10.1 Å². The topological polar surface area (TPSA) is 55.4 Å². The first-order valence-electron chi connectivity index (χ1n) is 14.0. The van der Waals surface area contributed by atoms with E-state index in [9.17, 15) is 9.59 Å². The fourth-order valence-corrected chi connectivity index (χ4v) is 7.78. The van der Waals surface area contributed by atoms with Gasteiger partial charge in [0.2, 0.25) is 5.91 Å². The van der Waals surface area contributed by atoms with Gasteiger partial charge in [0.25, 0.3) is 0 Å². The summed E-state index contributed by atoms with van der Waals surface area (Å²) in [5.41, 5.74) is 4.05. The van der Waals surface area contributed by atoms with Gasteiger partial charge in [-0.3, -0.25) is 9.59 Å². The molecule has 0 saturated heterocycles. The fourth-order valence-electron chi connectivity index (χ4n) is 7.78. The summed E-state index contributed by atoms with van der Waals surface area (Å²) in [6, 6.07) is 16.9. The fraction of sp³-hybridized carbons (Fsp3) is 0.562. The van der Waals surface area contributed by atoms with Crippen molar-refractivity contribution in [2.24, 2.45) is 23.2 Å². The quantitative estimate of drug-likeness (QED) is 0.424. The first kappa shape index (κ1) is 25.0. The molecule has 36 heavy (non-hydrogen) atoms. The van der Waals surface area contributed by atoms with Crippen molar-refractivity contribution in [2.75, 3.05) is 13.7 Å². The summed E-state index contributed by atoms with van der Waals surface area (Å²) in [6.45, 7) is 2.96. The number of rotatable bonds is 9. The Kier molecular flexibility index (Phi) is 7.50. The second-order valence-electron chi connectivity index (χ2n) is 11.6. The number of carbonyl (C=O) groups is 2. The highest BCUT2D eigenvalue weighted by atomic mass is 16.5. The zero-order valence-corrected chi connectivity index (χ0v) is 21.9. The van der Waals surface area contributed by atoms with E-state index in [4.69, 9.17) is 4.74 Å². The molecule has 4 nitrogen and oxygen atoms in total. The summed E-state index contributed by atoms with van der Waals surface area (Å²) >= 11 is 0. The Morgan fingerprint density at radius 3 is 2.75 bits per heavy atom. The van der Waals surface area contributed by atoms with Crippen molar-refractivity contribution in [2.45, 2.75) is 77.0 Å². The van der Waals surface area contributed by atoms with Crippen molar-refractivity contribution >= 4 is 11.7 Å². The number of benzene rings is 2. The lowest BCUT2D eigenvalue weighted by molar-refractivity contribution is -0.129. The van der Waals surface area contributed by atoms with E-state index in [1.165, 1.54) is 23.1 Å². The predicted octanol–water partition coefficient (Wildman–Crippen LogP) is 6.27. The van der Waals surface area contributed by atoms with Gasteiger partial charge in [0.05, 0.1) is 7.11 Å². The molecule has 1 amide bonds. The van der Waals surface area contributed by atoms with E-state index < -0.39 is 0 Å². The average Bonchev–Trinajstić information content (AvgIpc) is 3.16. The number of fused-ring (bicyclic) bond motifs is 5. The number of hydrogen-bond donors (Lipinski definition) is 1. The van der Waals surface area contributed by atoms with Crippen LogP contribution in [0.3, 0.4) is 0 Å². The third-order valence-corrected chi connectivity index (χ3v) is 9.58. The molecule has 1 N–H and O–H groups in total. The van der Waals surface area contributed by atoms with Gasteiger partial charge in [-0.15, -0.1) is 0 Å². The van der Waals surface area contributed by atoms with Crippen molar-refractivity contribution in [1.29, 1.82) is 0 Å². The lowest BCUT2D eigenvalue weighted by Crippen LogP contribution is -2.44. The van der Waals surface area contributed by atoms with Crippen molar-refractivity contribution in [1.82, 2.24) is 5.32 Å². The molecular formula is C32H41NO3. The van der Waals surface area contributed by atoms with Crippen LogP contribution in [-0.4, -0.2) is 25.3 Å². The van der Waals surface area contributed by atoms with Gasteiger partial charge in [-0.1, -0.05) is 49.7 Å². The largest absolute Gasteiger partial charge is 0.497 e. The standard InChI is InChI=1S/C32H41NO3/c1-32-18-16-27-26-15-13-25(36-2)20-23(26)12-14-28(27)31(32)24(21-29(32)34)10-6-7-11-30(35)33-19-17-22-8-4-3-5-9-22/h3-5,8-9,13,15,20,24,27-28,31H,6-7,10-12,14,16-19,21H2,1-2H3,(H,33,35)/t24-,27-,28-,31+,32-/m1/s1. The number of amides is 1. The molecule has 192 valence electrons. The predicted molar refractivity (Wildman–Crippen MR) is 143 cm³/mol. The highest BCUT2D eigenvalue weighted by molar-refractivity contribution is 5.87. The molecule has 2 fully saturated rings. The van der Waals surface area contributed by atoms with E-state index in [1.54, 1.807) is 7.11 Å². The second-order valence-corrected chi connectivity index (χ2v) is 11.6. The number of unbranched alkanes of at least 4 members (excludes halogenated alkanes) is 1. The Hall–Kier alpha value is -2.62. The number of aryl methyl sites for hydroxylation is 1. The number of ketones is 1. The van der Waals surface area contributed by atoms with Crippen LogP contribution in [-0.2, 0) is 22.4 Å². The van der Waals surface area contributed by atoms with Gasteiger partial charge in [0.1, 0.15) is 11.5 Å². The minimum atomic E-state index is -0.148. The normalized spacial score (nSPS) is 28.7. The van der Waals surface area contributed by atoms with Crippen LogP contribution in [0.1, 0.15) is 80.9 Å². The molecule has 0 unspecified atom stereocenters. The molecular weight excluding hydrogens is 446 g/mol. The van der Waals surface area contributed by atoms with Gasteiger partial charge >= 0.3 is 0 Å². The SMILES string of the molecule is COc1ccc2c(c1)CC[C@H]1[C@@H]3[C@H](CCCCC(=O)NCCc4ccccc4)CC(=O)[C@@]3(C)CC[C@H]21. The molecule has 4 heteroatoms. The Balaban J connectivity index is 1.15. The molecule has 2 saturated carbocycles. The second kappa shape index (κ2) is 10.8. The molecule has 3 aliphatic carbocycles. The van der Waals surface area contributed by atoms with E-state index in [2.05, 4.69) is 42.6 Å². The minimum Gasteiger partial charge on any atom is -0.497 e. The van der Waals surface area contributed by atoms with Crippen LogP contribution >= 0.6 is 0 Å². The molecule has 2 aromatic rings. The van der Waals surface area contributed by atoms with Crippen LogP contribution in [0.2, 0.25) is 0 Å². The Labute approximate surface area is 216 Å². The Bertz CT molecular complexity index is 1080. The first-order valence-corrected chi connectivity index (χ1v) is 14.0. The monoisotopic (exact) mass is 487 g/mol. The average molecular weight is 488 g/mol. The molecule has 0 aromatic heterocycles. The van der Waals surface area contributed by atoms with E-state index in [0.717, 1.165) is 57.1 Å². The Morgan fingerprint density at radius 1 is 1.11 bits per heavy atom. The molecule has 0 aliphatic heterocycles. The van der Waals surface area contributed by atoms with E-state index in [0.29, 0.717) is 42.4 Å². The number of methoxy groups -OCH3 is 1. The van der Waals surface area contributed by atoms with Crippen molar-refractivity contribution in [3.8, 4) is 5.75 Å². The first-order chi connectivity index (χ1) is 17.5. The van der Waals surface area contributed by atoms with E-state index in [-0.39, 0.29) is 11.3 Å². The van der Waals surface area contributed by atoms with Crippen LogP contribution in [0.25, 0.3) is 0 Å². The van der Waals surface area contributed by atoms with Gasteiger partial charge in [-0.2, -0.15) is 0 Å². The number of carbonyl (C=O) groups excluding carboxylic acids is 2. The van der Waals surface area contributed by atoms with Crippen LogP contribution in [0.5, 0.6) is 5.75 Å². The van der Waals surface area contributed by atoms with Crippen LogP contribution < -0.4 is 10.1 Å². The summed E-state index contributed by atoms with van der Waals surface area (Å²) in [6.07, 6.45) is 9.61. The van der Waals surface area contributed by atoms with Gasteiger partial charge in [0.15, 0.2) is 0 Å². The number of ether oxygens (including phenoxy) is 1. The zero-order chi connectivity index (χ0) is 25.1. The van der Waals surface area contributed by atoms with Crippen molar-refractivity contribution in [3.63, 3.8) is 0 Å². The highest BCUT2D eigenvalue weighted by Crippen LogP contribution is 2.62. The number of Topliss-reactive ketones (excluding diaryl/α,β-unsaturated/α-hetero) is 1. The summed E-state index contributed by atoms with van der Waals surface area (Å²) in [7, 11) is 1.74. The van der Waals surface area contributed by atoms with Crippen molar-refractivity contribution in [3.05, 3.63) is 65.2 Å². The lowest BCUT2D eigenvalue weighted by atomic mass is 9.54. The summed E-state index contributed by atoms with van der Waals surface area (Å²) in [5.74, 6) is 3.72.